The van der Waals surface area contributed by atoms with Crippen molar-refractivity contribution in [3.05, 3.63) is 32.9 Å². The molecule has 3 aliphatic heterocycles. The Morgan fingerprint density at radius 3 is 2.87 bits per heavy atom. The first-order valence-electron chi connectivity index (χ1n) is 10.6. The molecule has 4 heterocycles. The third-order valence-corrected chi connectivity index (χ3v) is 7.08. The van der Waals surface area contributed by atoms with Crippen LogP contribution < -0.4 is 5.32 Å². The number of morpholine rings is 1. The number of halogens is 2. The van der Waals surface area contributed by atoms with Gasteiger partial charge in [-0.2, -0.15) is 0 Å². The van der Waals surface area contributed by atoms with E-state index in [0.717, 1.165) is 72.7 Å². The normalized spacial score (nSPS) is 22.2. The fraction of sp³-hybridized carbons (Fsp3) is 0.524. The predicted octanol–water partition coefficient (Wildman–Crippen LogP) is 2.77. The molecular formula is C21H25Cl2N6O2+. The number of aromatic nitrogens is 1. The van der Waals surface area contributed by atoms with Crippen molar-refractivity contribution in [3.8, 4) is 0 Å². The van der Waals surface area contributed by atoms with Crippen molar-refractivity contribution < 1.29 is 14.3 Å². The highest BCUT2D eigenvalue weighted by Crippen LogP contribution is 2.40. The van der Waals surface area contributed by atoms with Gasteiger partial charge >= 0.3 is 0 Å². The van der Waals surface area contributed by atoms with E-state index in [1.54, 1.807) is 11.9 Å². The maximum Gasteiger partial charge on any atom is 0.224 e. The zero-order valence-corrected chi connectivity index (χ0v) is 18.9. The zero-order valence-electron chi connectivity index (χ0n) is 17.4. The van der Waals surface area contributed by atoms with E-state index in [-0.39, 0.29) is 11.8 Å². The van der Waals surface area contributed by atoms with Crippen LogP contribution in [0.2, 0.25) is 10.0 Å². The van der Waals surface area contributed by atoms with Gasteiger partial charge in [0.05, 0.1) is 35.2 Å². The van der Waals surface area contributed by atoms with Crippen LogP contribution in [0.25, 0.3) is 10.9 Å². The molecule has 0 saturated carbocycles. The summed E-state index contributed by atoms with van der Waals surface area (Å²) in [6, 6.07) is 1.85. The lowest BCUT2D eigenvalue weighted by Gasteiger charge is -2.28. The summed E-state index contributed by atoms with van der Waals surface area (Å²) in [5.41, 5.74) is 4.54. The number of hydrogen-bond acceptors (Lipinski definition) is 5. The molecule has 0 bridgehead atoms. The molecule has 2 aromatic rings. The van der Waals surface area contributed by atoms with Crippen LogP contribution in [0.15, 0.2) is 16.3 Å². The molecule has 0 spiro atoms. The van der Waals surface area contributed by atoms with E-state index < -0.39 is 0 Å². The maximum absolute atomic E-state index is 12.6. The number of aromatic amines is 1. The van der Waals surface area contributed by atoms with Crippen LogP contribution in [0.3, 0.4) is 0 Å². The third-order valence-electron chi connectivity index (χ3n) is 6.30. The molecule has 1 aromatic carbocycles. The molecule has 10 heteroatoms. The summed E-state index contributed by atoms with van der Waals surface area (Å²) in [6.45, 7) is 5.47. The molecule has 0 unspecified atom stereocenters. The van der Waals surface area contributed by atoms with Gasteiger partial charge in [0.25, 0.3) is 0 Å². The second kappa shape index (κ2) is 8.50. The first kappa shape index (κ1) is 20.9. The quantitative estimate of drug-likeness (QED) is 0.683. The molecule has 1 amide bonds. The molecule has 0 aliphatic carbocycles. The van der Waals surface area contributed by atoms with Crippen LogP contribution in [-0.4, -0.2) is 79.3 Å². The number of rotatable bonds is 4. The molecule has 31 heavy (non-hydrogen) atoms. The highest BCUT2D eigenvalue weighted by atomic mass is 35.5. The van der Waals surface area contributed by atoms with Gasteiger partial charge in [0, 0.05) is 52.1 Å². The first-order valence-corrected chi connectivity index (χ1v) is 11.3. The average molecular weight is 464 g/mol. The lowest BCUT2D eigenvalue weighted by molar-refractivity contribution is -0.565. The lowest BCUT2D eigenvalue weighted by atomic mass is 9.94. The SMILES string of the molecule is C[N+]1=NCC(c2cc(Cl)c(Cl)c3[nH]c4c(c23)CC(=O)NC[C@@H]4CCN2CCOCC2)=N1. The van der Waals surface area contributed by atoms with E-state index in [9.17, 15) is 4.79 Å². The Balaban J connectivity index is 1.58. The molecular weight excluding hydrogens is 439 g/mol. The maximum atomic E-state index is 12.6. The number of carbonyl (C=O) groups is 1. The number of ether oxygens (including phenoxy) is 1. The van der Waals surface area contributed by atoms with Gasteiger partial charge < -0.3 is 15.0 Å². The number of nitrogens with one attached hydrogen (secondary N) is 2. The van der Waals surface area contributed by atoms with Crippen molar-refractivity contribution in [2.75, 3.05) is 53.0 Å². The van der Waals surface area contributed by atoms with Gasteiger partial charge in [0.1, 0.15) is 5.71 Å². The Bertz CT molecular complexity index is 1100. The van der Waals surface area contributed by atoms with Crippen LogP contribution in [0.4, 0.5) is 0 Å². The van der Waals surface area contributed by atoms with Crippen molar-refractivity contribution in [1.29, 1.82) is 0 Å². The fourth-order valence-corrected chi connectivity index (χ4v) is 5.08. The second-order valence-electron chi connectivity index (χ2n) is 8.24. The average Bonchev–Trinajstić information content (AvgIpc) is 3.32. The van der Waals surface area contributed by atoms with E-state index >= 15 is 0 Å². The Hall–Kier alpha value is -2.00. The van der Waals surface area contributed by atoms with Gasteiger partial charge in [0.2, 0.25) is 5.91 Å². The minimum absolute atomic E-state index is 0.0169. The Morgan fingerprint density at radius 2 is 2.13 bits per heavy atom. The van der Waals surface area contributed by atoms with E-state index in [1.165, 1.54) is 0 Å². The van der Waals surface area contributed by atoms with Gasteiger partial charge in [-0.1, -0.05) is 23.2 Å². The van der Waals surface area contributed by atoms with Gasteiger partial charge in [-0.05, 0) is 29.7 Å². The molecule has 1 atom stereocenters. The third kappa shape index (κ3) is 3.98. The van der Waals surface area contributed by atoms with Crippen LogP contribution in [0.5, 0.6) is 0 Å². The minimum Gasteiger partial charge on any atom is -0.379 e. The van der Waals surface area contributed by atoms with E-state index in [0.29, 0.717) is 29.6 Å². The number of H-pyrrole nitrogens is 1. The first-order chi connectivity index (χ1) is 15.0. The summed E-state index contributed by atoms with van der Waals surface area (Å²) < 4.78 is 5.46. The standard InChI is InChI=1S/C21H24Cl2N6O2/c1-28-25-11-16(27-28)13-8-15(22)19(23)21-18(13)14-9-17(30)24-10-12(20(14)26-21)2-3-29-4-6-31-7-5-29/h8,12H,2-7,9-11H2,1H3,(H-,24,25,26,27,30)/p+1/t12-/m0/s1. The largest absolute Gasteiger partial charge is 0.379 e. The smallest absolute Gasteiger partial charge is 0.224 e. The van der Waals surface area contributed by atoms with E-state index in [2.05, 4.69) is 25.4 Å². The Labute approximate surface area is 190 Å². The summed E-state index contributed by atoms with van der Waals surface area (Å²) in [5.74, 6) is 0.181. The highest BCUT2D eigenvalue weighted by molar-refractivity contribution is 6.46. The Morgan fingerprint density at radius 1 is 1.32 bits per heavy atom. The summed E-state index contributed by atoms with van der Waals surface area (Å²) in [6.07, 6.45) is 1.23. The summed E-state index contributed by atoms with van der Waals surface area (Å²) in [7, 11) is 1.80. The van der Waals surface area contributed by atoms with Crippen molar-refractivity contribution in [2.45, 2.75) is 18.8 Å². The molecule has 1 fully saturated rings. The van der Waals surface area contributed by atoms with Gasteiger partial charge in [-0.25, -0.2) is 0 Å². The molecule has 0 radical (unpaired) electrons. The van der Waals surface area contributed by atoms with Crippen molar-refractivity contribution in [2.24, 2.45) is 10.2 Å². The number of amides is 1. The number of nitrogens with zero attached hydrogens (tertiary/aromatic N) is 4. The molecule has 164 valence electrons. The zero-order chi connectivity index (χ0) is 21.5. The topological polar surface area (TPSA) is 85.1 Å². The molecule has 5 rings (SSSR count). The number of hydrogen-bond donors (Lipinski definition) is 2. The number of hydrazone groups is 1. The van der Waals surface area contributed by atoms with Gasteiger partial charge in [-0.15, -0.1) is 0 Å². The lowest BCUT2D eigenvalue weighted by Crippen LogP contribution is -2.38. The molecule has 3 aliphatic rings. The van der Waals surface area contributed by atoms with Crippen molar-refractivity contribution >= 4 is 45.7 Å². The van der Waals surface area contributed by atoms with Crippen LogP contribution in [0, 0.1) is 0 Å². The predicted molar refractivity (Wildman–Crippen MR) is 120 cm³/mol. The molecule has 1 saturated heterocycles. The fourth-order valence-electron chi connectivity index (χ4n) is 4.68. The van der Waals surface area contributed by atoms with Crippen molar-refractivity contribution in [1.82, 2.24) is 15.2 Å². The summed E-state index contributed by atoms with van der Waals surface area (Å²) >= 11 is 13.1. The number of azo groups is 1. The summed E-state index contributed by atoms with van der Waals surface area (Å²) in [5, 5.41) is 13.8. The van der Waals surface area contributed by atoms with Crippen LogP contribution >= 0.6 is 23.2 Å². The summed E-state index contributed by atoms with van der Waals surface area (Å²) in [4.78, 5) is 20.1. The molecule has 8 nitrogen and oxygen atoms in total. The van der Waals surface area contributed by atoms with Gasteiger partial charge in [0.15, 0.2) is 13.6 Å². The van der Waals surface area contributed by atoms with Crippen LogP contribution in [-0.2, 0) is 16.0 Å². The Kier molecular flexibility index (Phi) is 5.73. The second-order valence-corrected chi connectivity index (χ2v) is 9.03. The van der Waals surface area contributed by atoms with Crippen LogP contribution in [0.1, 0.15) is 29.2 Å². The van der Waals surface area contributed by atoms with E-state index in [1.807, 2.05) is 6.07 Å². The number of fused-ring (bicyclic) bond motifs is 3. The minimum atomic E-state index is 0.0169. The van der Waals surface area contributed by atoms with Crippen molar-refractivity contribution in [3.63, 3.8) is 0 Å². The number of carbonyl (C=O) groups excluding carboxylic acids is 1. The molecule has 2 N–H and O–H groups in total. The number of benzene rings is 1. The monoisotopic (exact) mass is 463 g/mol. The highest BCUT2D eigenvalue weighted by Gasteiger charge is 2.31. The van der Waals surface area contributed by atoms with Gasteiger partial charge in [-0.3, -0.25) is 9.69 Å². The van der Waals surface area contributed by atoms with E-state index in [4.69, 9.17) is 27.9 Å². The molecule has 1 aromatic heterocycles.